The van der Waals surface area contributed by atoms with Crippen LogP contribution in [0.25, 0.3) is 0 Å². The van der Waals surface area contributed by atoms with Gasteiger partial charge in [0.1, 0.15) is 6.34 Å². The zero-order valence-electron chi connectivity index (χ0n) is 5.86. The molecule has 4 nitrogen and oxygen atoms in total. The maximum atomic E-state index is 9.83. The molecule has 0 spiro atoms. The Balaban J connectivity index is 2.37. The number of carbonyl (C=O) groups excluding carboxylic acids is 1. The first-order valence-electron chi connectivity index (χ1n) is 3.23. The Kier molecular flexibility index (Phi) is 2.25. The predicted octanol–water partition coefficient (Wildman–Crippen LogP) is 0.197. The van der Waals surface area contributed by atoms with E-state index in [9.17, 15) is 4.79 Å². The molecule has 0 aromatic heterocycles. The predicted molar refractivity (Wildman–Crippen MR) is 36.4 cm³/mol. The van der Waals surface area contributed by atoms with Crippen molar-refractivity contribution in [2.75, 3.05) is 6.54 Å². The van der Waals surface area contributed by atoms with Crippen LogP contribution >= 0.6 is 0 Å². The van der Waals surface area contributed by atoms with Crippen LogP contribution in [0.2, 0.25) is 0 Å². The maximum absolute atomic E-state index is 9.83. The van der Waals surface area contributed by atoms with Gasteiger partial charge in [0.15, 0.2) is 0 Å². The van der Waals surface area contributed by atoms with Crippen molar-refractivity contribution in [3.05, 3.63) is 0 Å². The molecule has 0 radical (unpaired) electrons. The van der Waals surface area contributed by atoms with Gasteiger partial charge in [-0.3, -0.25) is 9.79 Å². The van der Waals surface area contributed by atoms with E-state index < -0.39 is 0 Å². The van der Waals surface area contributed by atoms with E-state index in [0.717, 1.165) is 13.0 Å². The van der Waals surface area contributed by atoms with E-state index in [0.29, 0.717) is 12.5 Å². The van der Waals surface area contributed by atoms with Crippen LogP contribution < -0.4 is 0 Å². The summed E-state index contributed by atoms with van der Waals surface area (Å²) in [4.78, 5) is 18.4. The molecule has 0 N–H and O–H groups in total. The van der Waals surface area contributed by atoms with E-state index in [2.05, 4.69) is 9.83 Å². The molecular formula is C6H10N2O2. The van der Waals surface area contributed by atoms with Gasteiger partial charge in [0.2, 0.25) is 0 Å². The molecule has 4 heteroatoms. The van der Waals surface area contributed by atoms with Crippen LogP contribution in [-0.4, -0.2) is 30.5 Å². The van der Waals surface area contributed by atoms with Gasteiger partial charge in [-0.05, 0) is 13.3 Å². The van der Waals surface area contributed by atoms with Crippen LogP contribution in [0, 0.1) is 0 Å². The van der Waals surface area contributed by atoms with Crippen molar-refractivity contribution in [3.63, 3.8) is 0 Å². The maximum Gasteiger partial charge on any atom is 0.320 e. The minimum absolute atomic E-state index is 0.353. The Bertz CT molecular complexity index is 147. The number of aliphatic imine (C=N–C) groups is 1. The number of carbonyl (C=O) groups is 1. The monoisotopic (exact) mass is 142 g/mol. The lowest BCUT2D eigenvalue weighted by Crippen LogP contribution is -2.29. The lowest BCUT2D eigenvalue weighted by Gasteiger charge is -2.21. The van der Waals surface area contributed by atoms with E-state index >= 15 is 0 Å². The van der Waals surface area contributed by atoms with Gasteiger partial charge in [-0.15, -0.1) is 0 Å². The molecule has 1 aliphatic heterocycles. The second-order valence-corrected chi connectivity index (χ2v) is 2.24. The Labute approximate surface area is 59.4 Å². The highest BCUT2D eigenvalue weighted by Gasteiger charge is 2.09. The highest BCUT2D eigenvalue weighted by atomic mass is 16.7. The summed E-state index contributed by atoms with van der Waals surface area (Å²) in [5.74, 6) is 0. The molecule has 0 aromatic rings. The Morgan fingerprint density at radius 1 is 1.90 bits per heavy atom. The second kappa shape index (κ2) is 3.20. The molecule has 0 amide bonds. The van der Waals surface area contributed by atoms with Crippen molar-refractivity contribution >= 4 is 12.8 Å². The number of nitrogens with zero attached hydrogens (tertiary/aromatic N) is 2. The van der Waals surface area contributed by atoms with Gasteiger partial charge in [0.05, 0.1) is 12.6 Å². The number of hydrogen-bond acceptors (Lipinski definition) is 4. The van der Waals surface area contributed by atoms with Gasteiger partial charge >= 0.3 is 6.47 Å². The molecule has 0 aromatic carbocycles. The quantitative estimate of drug-likeness (QED) is 0.517. The van der Waals surface area contributed by atoms with Gasteiger partial charge in [0, 0.05) is 0 Å². The third-order valence-corrected chi connectivity index (χ3v) is 1.40. The molecule has 0 saturated heterocycles. The van der Waals surface area contributed by atoms with Crippen LogP contribution in [0.3, 0.4) is 0 Å². The van der Waals surface area contributed by atoms with E-state index in [1.807, 2.05) is 6.92 Å². The van der Waals surface area contributed by atoms with E-state index in [1.54, 1.807) is 6.34 Å². The summed E-state index contributed by atoms with van der Waals surface area (Å²) < 4.78 is 0. The van der Waals surface area contributed by atoms with Gasteiger partial charge in [-0.25, -0.2) is 0 Å². The Morgan fingerprint density at radius 3 is 3.20 bits per heavy atom. The molecule has 1 rings (SSSR count). The zero-order valence-corrected chi connectivity index (χ0v) is 5.86. The lowest BCUT2D eigenvalue weighted by atomic mass is 10.2. The van der Waals surface area contributed by atoms with Gasteiger partial charge in [-0.2, -0.15) is 5.06 Å². The summed E-state index contributed by atoms with van der Waals surface area (Å²) >= 11 is 0. The molecule has 10 heavy (non-hydrogen) atoms. The minimum Gasteiger partial charge on any atom is -0.343 e. The van der Waals surface area contributed by atoms with Gasteiger partial charge in [-0.1, -0.05) is 0 Å². The smallest absolute Gasteiger partial charge is 0.320 e. The molecular weight excluding hydrogens is 132 g/mol. The molecule has 0 aliphatic carbocycles. The van der Waals surface area contributed by atoms with Crippen LogP contribution in [0.15, 0.2) is 4.99 Å². The standard InChI is InChI=1S/C6H10N2O2/c1-6-2-3-8(4-7-6)10-5-9/h4-6H,2-3H2,1H3. The highest BCUT2D eigenvalue weighted by molar-refractivity contribution is 5.56. The molecule has 1 atom stereocenters. The van der Waals surface area contributed by atoms with E-state index in [-0.39, 0.29) is 0 Å². The minimum atomic E-state index is 0.353. The number of hydrogen-bond donors (Lipinski definition) is 0. The average molecular weight is 142 g/mol. The fraction of sp³-hybridized carbons (Fsp3) is 0.667. The summed E-state index contributed by atoms with van der Waals surface area (Å²) in [6.45, 7) is 3.17. The summed E-state index contributed by atoms with van der Waals surface area (Å²) in [6, 6.07) is 0.353. The molecule has 0 bridgehead atoms. The van der Waals surface area contributed by atoms with Crippen LogP contribution in [-0.2, 0) is 9.63 Å². The lowest BCUT2D eigenvalue weighted by molar-refractivity contribution is -0.155. The first-order valence-corrected chi connectivity index (χ1v) is 3.23. The topological polar surface area (TPSA) is 41.9 Å². The van der Waals surface area contributed by atoms with Crippen LogP contribution in [0.5, 0.6) is 0 Å². The first-order chi connectivity index (χ1) is 4.83. The third-order valence-electron chi connectivity index (χ3n) is 1.40. The van der Waals surface area contributed by atoms with Gasteiger partial charge < -0.3 is 4.84 Å². The number of rotatable bonds is 2. The summed E-state index contributed by atoms with van der Waals surface area (Å²) in [5.41, 5.74) is 0. The molecule has 1 aliphatic rings. The fourth-order valence-electron chi connectivity index (χ4n) is 0.770. The van der Waals surface area contributed by atoms with Crippen molar-refractivity contribution in [1.82, 2.24) is 5.06 Å². The second-order valence-electron chi connectivity index (χ2n) is 2.24. The molecule has 1 unspecified atom stereocenters. The van der Waals surface area contributed by atoms with Crippen molar-refractivity contribution in [2.24, 2.45) is 4.99 Å². The fourth-order valence-corrected chi connectivity index (χ4v) is 0.770. The molecule has 0 saturated carbocycles. The largest absolute Gasteiger partial charge is 0.343 e. The van der Waals surface area contributed by atoms with E-state index in [1.165, 1.54) is 5.06 Å². The van der Waals surface area contributed by atoms with Crippen molar-refractivity contribution in [3.8, 4) is 0 Å². The van der Waals surface area contributed by atoms with Crippen molar-refractivity contribution in [2.45, 2.75) is 19.4 Å². The zero-order chi connectivity index (χ0) is 7.40. The van der Waals surface area contributed by atoms with Crippen LogP contribution in [0.4, 0.5) is 0 Å². The average Bonchev–Trinajstić information content (AvgIpc) is 1.95. The highest BCUT2D eigenvalue weighted by Crippen LogP contribution is 2.03. The molecule has 1 heterocycles. The molecule has 56 valence electrons. The first kappa shape index (κ1) is 7.05. The van der Waals surface area contributed by atoms with E-state index in [4.69, 9.17) is 0 Å². The summed E-state index contributed by atoms with van der Waals surface area (Å²) in [5, 5.41) is 1.42. The number of hydroxylamine groups is 2. The Morgan fingerprint density at radius 2 is 2.70 bits per heavy atom. The van der Waals surface area contributed by atoms with Crippen LogP contribution in [0.1, 0.15) is 13.3 Å². The van der Waals surface area contributed by atoms with Crippen molar-refractivity contribution in [1.29, 1.82) is 0 Å². The Hall–Kier alpha value is -1.06. The SMILES string of the molecule is CC1CCN(OC=O)C=N1. The molecule has 0 fully saturated rings. The van der Waals surface area contributed by atoms with Gasteiger partial charge in [0.25, 0.3) is 0 Å². The normalized spacial score (nSPS) is 24.5. The van der Waals surface area contributed by atoms with Crippen molar-refractivity contribution < 1.29 is 9.63 Å². The third kappa shape index (κ3) is 1.72. The summed E-state index contributed by atoms with van der Waals surface area (Å²) in [6.07, 6.45) is 2.48. The summed E-state index contributed by atoms with van der Waals surface area (Å²) in [7, 11) is 0.